The summed E-state index contributed by atoms with van der Waals surface area (Å²) in [5, 5.41) is 7.03. The van der Waals surface area contributed by atoms with E-state index in [0.29, 0.717) is 12.2 Å². The van der Waals surface area contributed by atoms with Crippen molar-refractivity contribution in [3.63, 3.8) is 0 Å². The Morgan fingerprint density at radius 1 is 1.03 bits per heavy atom. The fraction of sp³-hybridized carbons (Fsp3) is 0.143. The average molecular weight is 467 g/mol. The summed E-state index contributed by atoms with van der Waals surface area (Å²) in [5.41, 5.74) is 5.77. The summed E-state index contributed by atoms with van der Waals surface area (Å²) >= 11 is 0. The van der Waals surface area contributed by atoms with E-state index in [4.69, 9.17) is 4.74 Å². The number of hydrogen-bond donors (Lipinski definition) is 2. The van der Waals surface area contributed by atoms with Gasteiger partial charge in [-0.3, -0.25) is 4.90 Å². The maximum Gasteiger partial charge on any atom is 0.419 e. The molecule has 0 saturated heterocycles. The third-order valence-corrected chi connectivity index (χ3v) is 6.71. The predicted octanol–water partition coefficient (Wildman–Crippen LogP) is 6.20. The van der Waals surface area contributed by atoms with Gasteiger partial charge in [0.15, 0.2) is 11.6 Å². The zero-order chi connectivity index (χ0) is 23.9. The quantitative estimate of drug-likeness (QED) is 0.376. The number of nitrogens with zero attached hydrogens (tertiary/aromatic N) is 2. The van der Waals surface area contributed by atoms with Crippen molar-refractivity contribution in [2.24, 2.45) is 0 Å². The van der Waals surface area contributed by atoms with Gasteiger partial charge in [-0.1, -0.05) is 42.5 Å². The Labute approximate surface area is 202 Å². The van der Waals surface area contributed by atoms with Crippen LogP contribution in [-0.4, -0.2) is 24.7 Å². The first-order valence-corrected chi connectivity index (χ1v) is 11.5. The smallest absolute Gasteiger partial charge is 0.407 e. The normalized spacial score (nSPS) is 17.3. The minimum Gasteiger partial charge on any atom is -0.407 e. The number of pyridine rings is 1. The summed E-state index contributed by atoms with van der Waals surface area (Å²) in [5.74, 6) is 0.223. The van der Waals surface area contributed by atoms with Crippen LogP contribution in [0.4, 0.5) is 26.4 Å². The number of aromatic nitrogens is 1. The van der Waals surface area contributed by atoms with E-state index in [2.05, 4.69) is 21.7 Å². The van der Waals surface area contributed by atoms with Crippen molar-refractivity contribution in [2.75, 3.05) is 29.1 Å². The lowest BCUT2D eigenvalue weighted by Crippen LogP contribution is -2.29. The van der Waals surface area contributed by atoms with Crippen LogP contribution in [0.1, 0.15) is 23.1 Å². The van der Waals surface area contributed by atoms with E-state index in [9.17, 15) is 4.79 Å². The highest BCUT2D eigenvalue weighted by molar-refractivity contribution is 5.88. The molecule has 1 amide bonds. The molecule has 3 aromatic carbocycles. The van der Waals surface area contributed by atoms with Crippen LogP contribution in [-0.2, 0) is 0 Å². The largest absolute Gasteiger partial charge is 0.419 e. The topological polar surface area (TPSA) is 66.5 Å². The number of carbonyl (C=O) groups excluding carboxylic acids is 1. The molecule has 2 aliphatic heterocycles. The second-order valence-electron chi connectivity index (χ2n) is 8.73. The van der Waals surface area contributed by atoms with Crippen LogP contribution < -0.4 is 20.3 Å². The molecule has 2 aliphatic rings. The first kappa shape index (κ1) is 21.2. The first-order valence-electron chi connectivity index (χ1n) is 11.5. The maximum atomic E-state index is 15.2. The third kappa shape index (κ3) is 3.65. The summed E-state index contributed by atoms with van der Waals surface area (Å²) in [6.07, 6.45) is 1.16. The summed E-state index contributed by atoms with van der Waals surface area (Å²) < 4.78 is 20.6. The molecule has 2 N–H and O–H groups in total. The summed E-state index contributed by atoms with van der Waals surface area (Å²) in [6, 6.07) is 23.8. The average Bonchev–Trinajstić information content (AvgIpc) is 3.26. The maximum absolute atomic E-state index is 15.2. The van der Waals surface area contributed by atoms with E-state index in [1.54, 1.807) is 19.2 Å². The standard InChI is InChI=1S/C28H23FN4O2/c1-33(18-7-3-2-4-8-18)28(34)35-24-12-11-17(15-22(24)29)26-21-16-31-27-25(21)20(13-14-30-27)19-9-5-6-10-23(19)32-26/h2-15,21,26,32H,16H2,1H3,(H,30,31). The molecule has 0 aliphatic carbocycles. The molecule has 0 fully saturated rings. The molecule has 3 heterocycles. The van der Waals surface area contributed by atoms with Gasteiger partial charge < -0.3 is 15.4 Å². The van der Waals surface area contributed by atoms with Gasteiger partial charge in [0.2, 0.25) is 0 Å². The summed E-state index contributed by atoms with van der Waals surface area (Å²) in [6.45, 7) is 0.686. The highest BCUT2D eigenvalue weighted by Gasteiger charge is 2.37. The van der Waals surface area contributed by atoms with Gasteiger partial charge in [-0.25, -0.2) is 14.2 Å². The van der Waals surface area contributed by atoms with Crippen molar-refractivity contribution in [3.05, 3.63) is 102 Å². The summed E-state index contributed by atoms with van der Waals surface area (Å²) in [7, 11) is 1.59. The monoisotopic (exact) mass is 466 g/mol. The Kier molecular flexibility index (Phi) is 5.10. The van der Waals surface area contributed by atoms with E-state index >= 15 is 4.39 Å². The Hall–Kier alpha value is -4.39. The number of carbonyl (C=O) groups is 1. The Balaban J connectivity index is 1.32. The Morgan fingerprint density at radius 3 is 2.66 bits per heavy atom. The third-order valence-electron chi connectivity index (χ3n) is 6.71. The van der Waals surface area contributed by atoms with Crippen molar-refractivity contribution < 1.29 is 13.9 Å². The van der Waals surface area contributed by atoms with Gasteiger partial charge in [-0.15, -0.1) is 0 Å². The second-order valence-corrected chi connectivity index (χ2v) is 8.73. The molecule has 174 valence electrons. The number of halogens is 1. The van der Waals surface area contributed by atoms with Crippen molar-refractivity contribution in [1.29, 1.82) is 0 Å². The summed E-state index contributed by atoms with van der Waals surface area (Å²) in [4.78, 5) is 18.5. The number of hydrogen-bond acceptors (Lipinski definition) is 5. The zero-order valence-electron chi connectivity index (χ0n) is 19.0. The molecular formula is C28H23FN4O2. The van der Waals surface area contributed by atoms with Crippen LogP contribution in [0.25, 0.3) is 11.1 Å². The number of nitrogens with one attached hydrogen (secondary N) is 2. The number of rotatable bonds is 3. The molecule has 0 spiro atoms. The fourth-order valence-electron chi connectivity index (χ4n) is 4.96. The number of benzene rings is 3. The fourth-order valence-corrected chi connectivity index (χ4v) is 4.96. The lowest BCUT2D eigenvalue weighted by atomic mass is 9.87. The molecule has 0 saturated carbocycles. The molecular weight excluding hydrogens is 443 g/mol. The van der Waals surface area contributed by atoms with Gasteiger partial charge >= 0.3 is 6.09 Å². The van der Waals surface area contributed by atoms with Gasteiger partial charge in [0.25, 0.3) is 0 Å². The molecule has 0 bridgehead atoms. The Morgan fingerprint density at radius 2 is 1.83 bits per heavy atom. The van der Waals surface area contributed by atoms with E-state index in [-0.39, 0.29) is 17.7 Å². The number of ether oxygens (including phenoxy) is 1. The molecule has 2 atom stereocenters. The minimum absolute atomic E-state index is 0.0538. The van der Waals surface area contributed by atoms with Crippen LogP contribution in [0.2, 0.25) is 0 Å². The number of amides is 1. The number of para-hydroxylation sites is 2. The lowest BCUT2D eigenvalue weighted by Gasteiger charge is -2.25. The van der Waals surface area contributed by atoms with Crippen molar-refractivity contribution in [3.8, 4) is 16.9 Å². The molecule has 1 aromatic heterocycles. The minimum atomic E-state index is -0.658. The van der Waals surface area contributed by atoms with E-state index in [1.807, 2.05) is 54.7 Å². The lowest BCUT2D eigenvalue weighted by molar-refractivity contribution is 0.207. The highest BCUT2D eigenvalue weighted by Crippen LogP contribution is 2.49. The van der Waals surface area contributed by atoms with E-state index in [1.165, 1.54) is 17.0 Å². The van der Waals surface area contributed by atoms with Crippen LogP contribution >= 0.6 is 0 Å². The molecule has 2 unspecified atom stereocenters. The molecule has 7 heteroatoms. The van der Waals surface area contributed by atoms with Crippen LogP contribution in [0.15, 0.2) is 85.1 Å². The van der Waals surface area contributed by atoms with Crippen LogP contribution in [0.3, 0.4) is 0 Å². The Bertz CT molecular complexity index is 1430. The van der Waals surface area contributed by atoms with Gasteiger partial charge in [0, 0.05) is 48.2 Å². The number of anilines is 3. The van der Waals surface area contributed by atoms with Gasteiger partial charge in [0.05, 0.1) is 6.04 Å². The second kappa shape index (κ2) is 8.43. The molecule has 35 heavy (non-hydrogen) atoms. The first-order chi connectivity index (χ1) is 17.1. The highest BCUT2D eigenvalue weighted by atomic mass is 19.1. The molecule has 0 radical (unpaired) electrons. The predicted molar refractivity (Wildman–Crippen MR) is 135 cm³/mol. The van der Waals surface area contributed by atoms with Crippen LogP contribution in [0.5, 0.6) is 5.75 Å². The van der Waals surface area contributed by atoms with Crippen LogP contribution in [0, 0.1) is 5.82 Å². The van der Waals surface area contributed by atoms with E-state index in [0.717, 1.165) is 33.8 Å². The SMILES string of the molecule is CN(C(=O)Oc1ccc(C2Nc3ccccc3-c3ccnc4c3C2CN4)cc1F)c1ccccc1. The van der Waals surface area contributed by atoms with Gasteiger partial charge in [-0.2, -0.15) is 0 Å². The van der Waals surface area contributed by atoms with Crippen molar-refractivity contribution in [1.82, 2.24) is 4.98 Å². The molecule has 6 rings (SSSR count). The van der Waals surface area contributed by atoms with Gasteiger partial charge in [-0.05, 0) is 47.5 Å². The van der Waals surface area contributed by atoms with Gasteiger partial charge in [0.1, 0.15) is 5.82 Å². The number of fused-ring (bicyclic) bond motifs is 2. The molecule has 4 aromatic rings. The van der Waals surface area contributed by atoms with Crippen molar-refractivity contribution >= 4 is 23.3 Å². The zero-order valence-corrected chi connectivity index (χ0v) is 19.0. The van der Waals surface area contributed by atoms with Crippen molar-refractivity contribution in [2.45, 2.75) is 12.0 Å². The molecule has 6 nitrogen and oxygen atoms in total. The van der Waals surface area contributed by atoms with E-state index < -0.39 is 11.9 Å².